The first kappa shape index (κ1) is 58.1. The topological polar surface area (TPSA) is 367 Å². The number of hydrogen-bond donors (Lipinski definition) is 12. The van der Waals surface area contributed by atoms with Gasteiger partial charge in [-0.15, -0.1) is 0 Å². The number of hydrogen-bond acceptors (Lipinski definition) is 13. The van der Waals surface area contributed by atoms with Crippen molar-refractivity contribution >= 4 is 65.1 Å². The molecule has 0 aliphatic rings. The van der Waals surface area contributed by atoms with E-state index in [1.807, 2.05) is 56.4 Å². The van der Waals surface area contributed by atoms with E-state index in [4.69, 9.17) is 16.2 Å². The summed E-state index contributed by atoms with van der Waals surface area (Å²) in [6, 6.07) is 7.14. The number of guanidine groups is 1. The maximum Gasteiger partial charge on any atom is 0.322 e. The smallest absolute Gasteiger partial charge is 0.322 e. The van der Waals surface area contributed by atoms with Crippen LogP contribution in [0.5, 0.6) is 0 Å². The first-order valence-electron chi connectivity index (χ1n) is 21.9. The normalized spacial score (nSPS) is 12.4. The molecule has 1 aromatic carbocycles. The first-order valence-corrected chi connectivity index (χ1v) is 21.9. The minimum absolute atomic E-state index is 0.00396. The average molecular weight is 948 g/mol. The molecule has 374 valence electrons. The van der Waals surface area contributed by atoms with Gasteiger partial charge in [-0.2, -0.15) is 0 Å². The molecule has 1 aromatic rings. The molecule has 1 rings (SSSR count). The summed E-state index contributed by atoms with van der Waals surface area (Å²) < 4.78 is 0. The van der Waals surface area contributed by atoms with Crippen LogP contribution in [0.3, 0.4) is 0 Å². The standard InChI is InChI=1S/C42H69N13O12/c1-6-27(3)46-21-36(62)54(23-30-13-9-8-10-14-30)25-38(64)55(28(4)7-2)26-37(63)53(16-12-11-15-45-42(43)44)24-35(61)52-40(29(5)56)41(67)51-20-34(60)49-18-32(58)47-17-31(57)48-19-33(59)50-22-39(65)66/h8-10,13-14,27-29,40,46,56H,6-7,11-12,15-26H2,1-5H3,(H,47,58)(H,48,57)(H,49,60)(H,50,59)(H,51,67)(H,52,61)(H,65,66)(H4,43,44,45). The number of rotatable bonds is 32. The molecule has 0 bridgehead atoms. The van der Waals surface area contributed by atoms with Gasteiger partial charge in [0.25, 0.3) is 0 Å². The summed E-state index contributed by atoms with van der Waals surface area (Å²) in [5.74, 6) is -8.03. The highest BCUT2D eigenvalue weighted by molar-refractivity contribution is 5.95. The van der Waals surface area contributed by atoms with E-state index in [0.29, 0.717) is 19.3 Å². The van der Waals surface area contributed by atoms with E-state index in [0.717, 1.165) is 12.0 Å². The molecule has 13 N–H and O–H groups in total. The summed E-state index contributed by atoms with van der Waals surface area (Å²) in [6.07, 6.45) is 0.501. The van der Waals surface area contributed by atoms with Crippen LogP contribution in [0, 0.1) is 5.41 Å². The fraction of sp³-hybridized carbons (Fsp3) is 0.595. The van der Waals surface area contributed by atoms with Gasteiger partial charge < -0.3 is 73.2 Å². The molecule has 0 radical (unpaired) electrons. The van der Waals surface area contributed by atoms with Gasteiger partial charge in [0.15, 0.2) is 5.96 Å². The zero-order valence-electron chi connectivity index (χ0n) is 38.9. The maximum atomic E-state index is 14.1. The van der Waals surface area contributed by atoms with Crippen LogP contribution < -0.4 is 48.3 Å². The molecule has 0 heterocycles. The number of aliphatic hydroxyl groups is 1. The highest BCUT2D eigenvalue weighted by Crippen LogP contribution is 2.11. The summed E-state index contributed by atoms with van der Waals surface area (Å²) in [5, 5.41) is 45.4. The monoisotopic (exact) mass is 948 g/mol. The van der Waals surface area contributed by atoms with Gasteiger partial charge in [0.05, 0.1) is 45.4 Å². The summed E-state index contributed by atoms with van der Waals surface area (Å²) in [4.78, 5) is 130. The number of carboxylic acid groups (broad SMARTS) is 1. The van der Waals surface area contributed by atoms with E-state index in [1.54, 1.807) is 6.92 Å². The van der Waals surface area contributed by atoms with Crippen LogP contribution in [-0.2, 0) is 54.5 Å². The van der Waals surface area contributed by atoms with Crippen LogP contribution in [-0.4, -0.2) is 186 Å². The number of nitrogens with zero attached hydrogens (tertiary/aromatic N) is 3. The predicted octanol–water partition coefficient (Wildman–Crippen LogP) is -4.35. The zero-order chi connectivity index (χ0) is 50.5. The van der Waals surface area contributed by atoms with Gasteiger partial charge in [-0.25, -0.2) is 0 Å². The van der Waals surface area contributed by atoms with Crippen LogP contribution in [0.1, 0.15) is 65.9 Å². The van der Waals surface area contributed by atoms with E-state index >= 15 is 0 Å². The van der Waals surface area contributed by atoms with Crippen LogP contribution >= 0.6 is 0 Å². The summed E-state index contributed by atoms with van der Waals surface area (Å²) in [6.45, 7) is 4.67. The second kappa shape index (κ2) is 31.9. The van der Waals surface area contributed by atoms with Crippen molar-refractivity contribution in [3.05, 3.63) is 35.9 Å². The van der Waals surface area contributed by atoms with Crippen molar-refractivity contribution in [2.75, 3.05) is 72.0 Å². The molecule has 9 amide bonds. The van der Waals surface area contributed by atoms with Crippen molar-refractivity contribution in [2.24, 2.45) is 5.73 Å². The van der Waals surface area contributed by atoms with Crippen molar-refractivity contribution in [3.8, 4) is 0 Å². The molecule has 25 heteroatoms. The van der Waals surface area contributed by atoms with Crippen LogP contribution in [0.2, 0.25) is 0 Å². The van der Waals surface area contributed by atoms with Gasteiger partial charge in [0, 0.05) is 31.7 Å². The molecule has 0 aromatic heterocycles. The van der Waals surface area contributed by atoms with E-state index in [2.05, 4.69) is 37.2 Å². The van der Waals surface area contributed by atoms with E-state index < -0.39 is 117 Å². The molecule has 0 aliphatic carbocycles. The largest absolute Gasteiger partial charge is 0.480 e. The van der Waals surface area contributed by atoms with Crippen molar-refractivity contribution in [2.45, 2.75) is 91.1 Å². The molecule has 0 aliphatic heterocycles. The van der Waals surface area contributed by atoms with Gasteiger partial charge in [-0.3, -0.25) is 53.4 Å². The number of benzene rings is 1. The lowest BCUT2D eigenvalue weighted by molar-refractivity contribution is -0.147. The molecule has 0 spiro atoms. The second-order valence-corrected chi connectivity index (χ2v) is 15.6. The first-order chi connectivity index (χ1) is 31.7. The third-order valence-corrected chi connectivity index (χ3v) is 10.00. The second-order valence-electron chi connectivity index (χ2n) is 15.6. The lowest BCUT2D eigenvalue weighted by atomic mass is 10.1. The third-order valence-electron chi connectivity index (χ3n) is 10.00. The fourth-order valence-electron chi connectivity index (χ4n) is 5.74. The Hall–Kier alpha value is -6.89. The van der Waals surface area contributed by atoms with Gasteiger partial charge in [-0.1, -0.05) is 44.2 Å². The average Bonchev–Trinajstić information content (AvgIpc) is 3.29. The molecule has 0 saturated carbocycles. The third kappa shape index (κ3) is 25.4. The minimum atomic E-state index is -1.61. The Morgan fingerprint density at radius 2 is 1.19 bits per heavy atom. The van der Waals surface area contributed by atoms with Crippen LogP contribution in [0.15, 0.2) is 30.3 Å². The summed E-state index contributed by atoms with van der Waals surface area (Å²) in [5.41, 5.74) is 6.18. The molecule has 4 atom stereocenters. The number of nitrogens with two attached hydrogens (primary N) is 1. The number of unbranched alkanes of at least 4 members (excludes halogenated alkanes) is 1. The lowest BCUT2D eigenvalue weighted by Crippen LogP contribution is -2.56. The van der Waals surface area contributed by atoms with E-state index in [-0.39, 0.29) is 50.6 Å². The number of carbonyl (C=O) groups is 10. The predicted molar refractivity (Wildman–Crippen MR) is 243 cm³/mol. The summed E-state index contributed by atoms with van der Waals surface area (Å²) in [7, 11) is 0. The highest BCUT2D eigenvalue weighted by Gasteiger charge is 2.31. The number of aliphatic carboxylic acids is 1. The number of nitrogens with one attached hydrogen (secondary N) is 9. The van der Waals surface area contributed by atoms with Gasteiger partial charge in [-0.05, 0) is 52.0 Å². The molecule has 4 unspecified atom stereocenters. The maximum absolute atomic E-state index is 14.1. The van der Waals surface area contributed by atoms with Gasteiger partial charge >= 0.3 is 5.97 Å². The number of carboxylic acids is 1. The Kier molecular flexibility index (Phi) is 27.7. The Balaban J connectivity index is 3.01. The number of amides is 9. The Labute approximate surface area is 389 Å². The molecular weight excluding hydrogens is 879 g/mol. The van der Waals surface area contributed by atoms with Gasteiger partial charge in [0.1, 0.15) is 25.7 Å². The summed E-state index contributed by atoms with van der Waals surface area (Å²) >= 11 is 0. The van der Waals surface area contributed by atoms with E-state index in [9.17, 15) is 53.1 Å². The van der Waals surface area contributed by atoms with Gasteiger partial charge in [0.2, 0.25) is 53.2 Å². The Morgan fingerprint density at radius 1 is 0.642 bits per heavy atom. The van der Waals surface area contributed by atoms with Crippen LogP contribution in [0.4, 0.5) is 0 Å². The molecule has 25 nitrogen and oxygen atoms in total. The highest BCUT2D eigenvalue weighted by atomic mass is 16.4. The minimum Gasteiger partial charge on any atom is -0.480 e. The molecule has 67 heavy (non-hydrogen) atoms. The lowest BCUT2D eigenvalue weighted by Gasteiger charge is -2.33. The van der Waals surface area contributed by atoms with Crippen molar-refractivity contribution < 1.29 is 58.2 Å². The number of carbonyl (C=O) groups excluding carboxylic acids is 9. The van der Waals surface area contributed by atoms with Crippen molar-refractivity contribution in [3.63, 3.8) is 0 Å². The molecule has 0 saturated heterocycles. The quantitative estimate of drug-likeness (QED) is 0.0185. The number of aliphatic hydroxyl groups excluding tert-OH is 1. The molecule has 0 fully saturated rings. The zero-order valence-corrected chi connectivity index (χ0v) is 38.9. The molecular formula is C42H69N13O12. The Morgan fingerprint density at radius 3 is 1.70 bits per heavy atom. The fourth-order valence-corrected chi connectivity index (χ4v) is 5.74. The van der Waals surface area contributed by atoms with Crippen molar-refractivity contribution in [1.29, 1.82) is 5.41 Å². The van der Waals surface area contributed by atoms with Crippen molar-refractivity contribution in [1.82, 2.24) is 57.2 Å². The van der Waals surface area contributed by atoms with Crippen LogP contribution in [0.25, 0.3) is 0 Å². The Bertz CT molecular complexity index is 1840. The van der Waals surface area contributed by atoms with E-state index in [1.165, 1.54) is 21.6 Å². The SMILES string of the molecule is CCC(C)NCC(=O)N(CC(=O)N(CC(=O)N(CCCCNC(=N)N)CC(=O)NC(C(=O)NCC(=O)NCC(=O)NCC(=O)NCC(=O)NCC(=O)O)C(C)O)C(C)CC)Cc1ccccc1.